The molecule has 0 bridgehead atoms. The second kappa shape index (κ2) is 10.4. The fourth-order valence-corrected chi connectivity index (χ4v) is 3.91. The first-order valence-corrected chi connectivity index (χ1v) is 10.7. The van der Waals surface area contributed by atoms with Crippen LogP contribution in [-0.2, 0) is 9.59 Å². The molecule has 1 aliphatic heterocycles. The normalized spacial score (nSPS) is 19.6. The summed E-state index contributed by atoms with van der Waals surface area (Å²) in [6, 6.07) is 0. The molecule has 2 aliphatic rings. The van der Waals surface area contributed by atoms with Gasteiger partial charge in [-0.1, -0.05) is 70.6 Å². The van der Waals surface area contributed by atoms with E-state index in [0.717, 1.165) is 30.8 Å². The van der Waals surface area contributed by atoms with Crippen molar-refractivity contribution in [2.24, 2.45) is 11.8 Å². The average Bonchev–Trinajstić information content (AvgIpc) is 2.93. The Morgan fingerprint density at radius 2 is 1.96 bits per heavy atom. The molecule has 1 heterocycles. The molecule has 0 radical (unpaired) electrons. The highest BCUT2D eigenvalue weighted by Gasteiger charge is 2.37. The van der Waals surface area contributed by atoms with E-state index in [2.05, 4.69) is 45.6 Å². The molecule has 2 atom stereocenters. The third-order valence-corrected chi connectivity index (χ3v) is 5.91. The van der Waals surface area contributed by atoms with Crippen LogP contribution in [0.15, 0.2) is 59.3 Å². The van der Waals surface area contributed by atoms with E-state index >= 15 is 0 Å². The number of rotatable bonds is 10. The zero-order valence-electron chi connectivity index (χ0n) is 18.0. The molecule has 0 fully saturated rings. The molecule has 0 saturated carbocycles. The van der Waals surface area contributed by atoms with Crippen LogP contribution in [0.1, 0.15) is 66.2 Å². The predicted octanol–water partition coefficient (Wildman–Crippen LogP) is 5.91. The van der Waals surface area contributed by atoms with Crippen LogP contribution in [-0.4, -0.2) is 23.3 Å². The molecule has 152 valence electrons. The van der Waals surface area contributed by atoms with E-state index in [-0.39, 0.29) is 18.4 Å². The maximum atomic E-state index is 12.6. The number of imide groups is 1. The first-order chi connectivity index (χ1) is 13.4. The minimum Gasteiger partial charge on any atom is -0.270 e. The Balaban J connectivity index is 2.10. The molecule has 2 amide bonds. The van der Waals surface area contributed by atoms with Crippen molar-refractivity contribution in [3.63, 3.8) is 0 Å². The van der Waals surface area contributed by atoms with Gasteiger partial charge in [0.15, 0.2) is 0 Å². The summed E-state index contributed by atoms with van der Waals surface area (Å²) in [5.74, 6) is 0.882. The van der Waals surface area contributed by atoms with Crippen molar-refractivity contribution in [2.45, 2.75) is 66.2 Å². The zero-order chi connectivity index (χ0) is 20.7. The number of nitrogens with zero attached hydrogens (tertiary/aromatic N) is 1. The number of carbonyl (C=O) groups is 2. The maximum Gasteiger partial charge on any atom is 0.261 e. The van der Waals surface area contributed by atoms with Crippen LogP contribution in [0.4, 0.5) is 0 Å². The Morgan fingerprint density at radius 1 is 1.21 bits per heavy atom. The Labute approximate surface area is 170 Å². The van der Waals surface area contributed by atoms with Crippen LogP contribution in [0.2, 0.25) is 0 Å². The lowest BCUT2D eigenvalue weighted by atomic mass is 9.87. The maximum absolute atomic E-state index is 12.6. The van der Waals surface area contributed by atoms with Crippen molar-refractivity contribution in [3.05, 3.63) is 59.3 Å². The molecule has 2 unspecified atom stereocenters. The van der Waals surface area contributed by atoms with E-state index in [0.29, 0.717) is 23.5 Å². The van der Waals surface area contributed by atoms with E-state index < -0.39 is 0 Å². The van der Waals surface area contributed by atoms with Gasteiger partial charge in [0.25, 0.3) is 11.8 Å². The summed E-state index contributed by atoms with van der Waals surface area (Å²) >= 11 is 0. The number of amides is 2. The van der Waals surface area contributed by atoms with Crippen LogP contribution < -0.4 is 0 Å². The lowest BCUT2D eigenvalue weighted by molar-refractivity contribution is -0.136. The SMILES string of the molecule is C=C(/C=C(\C=C/C)C(CC)CCC(C)CC)CN1C(=O)C2=C(CCC=C2)C1=O. The largest absolute Gasteiger partial charge is 0.270 e. The first kappa shape index (κ1) is 22.1. The fraction of sp³-hybridized carbons (Fsp3) is 0.520. The second-order valence-electron chi connectivity index (χ2n) is 8.03. The van der Waals surface area contributed by atoms with E-state index in [1.807, 2.05) is 13.0 Å². The Morgan fingerprint density at radius 3 is 2.57 bits per heavy atom. The average molecular weight is 382 g/mol. The van der Waals surface area contributed by atoms with Gasteiger partial charge >= 0.3 is 0 Å². The van der Waals surface area contributed by atoms with Crippen LogP contribution in [0.5, 0.6) is 0 Å². The number of hydrogen-bond acceptors (Lipinski definition) is 2. The summed E-state index contributed by atoms with van der Waals surface area (Å²) in [7, 11) is 0. The molecule has 0 spiro atoms. The monoisotopic (exact) mass is 381 g/mol. The predicted molar refractivity (Wildman–Crippen MR) is 117 cm³/mol. The minimum atomic E-state index is -0.179. The van der Waals surface area contributed by atoms with E-state index in [4.69, 9.17) is 0 Å². The van der Waals surface area contributed by atoms with Gasteiger partial charge in [0, 0.05) is 11.1 Å². The standard InChI is InChI=1S/C25H35NO2/c1-6-11-21(20(8-3)15-14-18(4)7-2)16-19(5)17-26-24(27)22-12-9-10-13-23(22)25(26)28/h6,9,11-12,16,18,20H,5,7-8,10,13-15,17H2,1-4H3/b11-6-,21-16+. The van der Waals surface area contributed by atoms with Crippen LogP contribution in [0.25, 0.3) is 0 Å². The van der Waals surface area contributed by atoms with Gasteiger partial charge in [-0.25, -0.2) is 0 Å². The molecular weight excluding hydrogens is 346 g/mol. The molecule has 0 saturated heterocycles. The van der Waals surface area contributed by atoms with Gasteiger partial charge in [0.05, 0.1) is 6.54 Å². The Kier molecular flexibility index (Phi) is 8.22. The highest BCUT2D eigenvalue weighted by molar-refractivity contribution is 6.21. The smallest absolute Gasteiger partial charge is 0.261 e. The Bertz CT molecular complexity index is 736. The van der Waals surface area contributed by atoms with Crippen LogP contribution in [0, 0.1) is 11.8 Å². The van der Waals surface area contributed by atoms with Crippen molar-refractivity contribution in [1.82, 2.24) is 4.90 Å². The van der Waals surface area contributed by atoms with E-state index in [9.17, 15) is 9.59 Å². The highest BCUT2D eigenvalue weighted by atomic mass is 16.2. The first-order valence-electron chi connectivity index (χ1n) is 10.7. The summed E-state index contributed by atoms with van der Waals surface area (Å²) in [5, 5.41) is 0. The van der Waals surface area contributed by atoms with Gasteiger partial charge < -0.3 is 0 Å². The fourth-order valence-electron chi connectivity index (χ4n) is 3.91. The third-order valence-electron chi connectivity index (χ3n) is 5.91. The Hall–Kier alpha value is -2.16. The topological polar surface area (TPSA) is 37.4 Å². The molecule has 0 aromatic carbocycles. The molecule has 1 aliphatic carbocycles. The van der Waals surface area contributed by atoms with Crippen molar-refractivity contribution >= 4 is 11.8 Å². The van der Waals surface area contributed by atoms with Crippen molar-refractivity contribution < 1.29 is 9.59 Å². The second-order valence-corrected chi connectivity index (χ2v) is 8.03. The quantitative estimate of drug-likeness (QED) is 0.348. The van der Waals surface area contributed by atoms with E-state index in [1.54, 1.807) is 6.08 Å². The van der Waals surface area contributed by atoms with Gasteiger partial charge in [0.2, 0.25) is 0 Å². The molecular formula is C25H35NO2. The van der Waals surface area contributed by atoms with Crippen molar-refractivity contribution in [1.29, 1.82) is 0 Å². The molecule has 0 aromatic heterocycles. The van der Waals surface area contributed by atoms with Gasteiger partial charge in [-0.2, -0.15) is 0 Å². The lowest BCUT2D eigenvalue weighted by Crippen LogP contribution is -2.33. The number of carbonyl (C=O) groups excluding carboxylic acids is 2. The zero-order valence-corrected chi connectivity index (χ0v) is 18.0. The third kappa shape index (κ3) is 5.21. The molecule has 2 rings (SSSR count). The summed E-state index contributed by atoms with van der Waals surface area (Å²) in [6.45, 7) is 13.2. The van der Waals surface area contributed by atoms with Gasteiger partial charge in [0.1, 0.15) is 0 Å². The summed E-state index contributed by atoms with van der Waals surface area (Å²) in [6.07, 6.45) is 16.2. The molecule has 28 heavy (non-hydrogen) atoms. The molecule has 0 N–H and O–H groups in total. The molecule has 3 heteroatoms. The minimum absolute atomic E-state index is 0.143. The molecule has 3 nitrogen and oxygen atoms in total. The van der Waals surface area contributed by atoms with Gasteiger partial charge in [-0.3, -0.25) is 14.5 Å². The summed E-state index contributed by atoms with van der Waals surface area (Å²) in [4.78, 5) is 26.6. The van der Waals surface area contributed by atoms with Gasteiger partial charge in [-0.05, 0) is 55.6 Å². The van der Waals surface area contributed by atoms with E-state index in [1.165, 1.54) is 23.3 Å². The summed E-state index contributed by atoms with van der Waals surface area (Å²) in [5.41, 5.74) is 3.29. The van der Waals surface area contributed by atoms with Crippen molar-refractivity contribution in [3.8, 4) is 0 Å². The highest BCUT2D eigenvalue weighted by Crippen LogP contribution is 2.30. The van der Waals surface area contributed by atoms with Crippen molar-refractivity contribution in [2.75, 3.05) is 6.54 Å². The summed E-state index contributed by atoms with van der Waals surface area (Å²) < 4.78 is 0. The molecule has 0 aromatic rings. The van der Waals surface area contributed by atoms with Crippen LogP contribution in [0.3, 0.4) is 0 Å². The number of hydrogen-bond donors (Lipinski definition) is 0. The number of allylic oxidation sites excluding steroid dienone is 4. The lowest BCUT2D eigenvalue weighted by Gasteiger charge is -2.20. The van der Waals surface area contributed by atoms with Gasteiger partial charge in [-0.15, -0.1) is 0 Å². The van der Waals surface area contributed by atoms with Crippen LogP contribution >= 0.6 is 0 Å².